The number of hydrogen-bond acceptors (Lipinski definition) is 0. The molecule has 0 heteroatoms. The van der Waals surface area contributed by atoms with Crippen molar-refractivity contribution in [3.63, 3.8) is 0 Å². The maximum Gasteiger partial charge on any atom is 0.0284 e. The average Bonchev–Trinajstić information content (AvgIpc) is 3.24. The molecule has 2 aromatic rings. The van der Waals surface area contributed by atoms with Crippen LogP contribution in [0.4, 0.5) is 0 Å². The molecule has 2 aliphatic rings. The fourth-order valence-electron chi connectivity index (χ4n) is 4.75. The minimum atomic E-state index is 0.217. The Labute approximate surface area is 153 Å². The molecule has 1 spiro atoms. The van der Waals surface area contributed by atoms with Gasteiger partial charge in [0.15, 0.2) is 0 Å². The lowest BCUT2D eigenvalue weighted by Crippen LogP contribution is -2.21. The minimum Gasteiger partial charge on any atom is -0.0873 e. The van der Waals surface area contributed by atoms with E-state index in [0.29, 0.717) is 0 Å². The zero-order valence-corrected chi connectivity index (χ0v) is 15.8. The van der Waals surface area contributed by atoms with Gasteiger partial charge in [0.25, 0.3) is 0 Å². The van der Waals surface area contributed by atoms with Gasteiger partial charge < -0.3 is 0 Å². The smallest absolute Gasteiger partial charge is 0.0284 e. The van der Waals surface area contributed by atoms with Crippen molar-refractivity contribution in [3.05, 3.63) is 70.8 Å². The van der Waals surface area contributed by atoms with Gasteiger partial charge in [-0.15, -0.1) is 0 Å². The highest BCUT2D eigenvalue weighted by Crippen LogP contribution is 2.55. The van der Waals surface area contributed by atoms with E-state index in [1.54, 1.807) is 11.1 Å². The van der Waals surface area contributed by atoms with E-state index in [0.717, 1.165) is 0 Å². The first-order valence-corrected chi connectivity index (χ1v) is 10.2. The summed E-state index contributed by atoms with van der Waals surface area (Å²) in [5.74, 6) is 0. The van der Waals surface area contributed by atoms with Crippen LogP contribution < -0.4 is 0 Å². The highest BCUT2D eigenvalue weighted by Gasteiger charge is 2.43. The molecule has 25 heavy (non-hydrogen) atoms. The highest BCUT2D eigenvalue weighted by atomic mass is 14.5. The Balaban J connectivity index is 1.78. The Morgan fingerprint density at radius 3 is 1.64 bits per heavy atom. The van der Waals surface area contributed by atoms with E-state index in [2.05, 4.69) is 62.4 Å². The number of benzene rings is 2. The predicted octanol–water partition coefficient (Wildman–Crippen LogP) is 6.99. The molecule has 0 bridgehead atoms. The van der Waals surface area contributed by atoms with E-state index in [-0.39, 0.29) is 5.41 Å². The highest BCUT2D eigenvalue weighted by molar-refractivity contribution is 5.82. The topological polar surface area (TPSA) is 0 Å². The zero-order valence-electron chi connectivity index (χ0n) is 15.8. The molecule has 0 aliphatic heterocycles. The van der Waals surface area contributed by atoms with Crippen LogP contribution in [0.5, 0.6) is 0 Å². The number of unbranched alkanes of at least 4 members (excludes halogenated alkanes) is 2. The first-order valence-electron chi connectivity index (χ1n) is 10.2. The third-order valence-electron chi connectivity index (χ3n) is 6.23. The van der Waals surface area contributed by atoms with E-state index in [1.165, 1.54) is 73.6 Å². The summed E-state index contributed by atoms with van der Waals surface area (Å²) in [5, 5.41) is 0. The van der Waals surface area contributed by atoms with Gasteiger partial charge in [-0.1, -0.05) is 75.2 Å². The summed E-state index contributed by atoms with van der Waals surface area (Å²) >= 11 is 0. The van der Waals surface area contributed by atoms with Crippen molar-refractivity contribution in [2.75, 3.05) is 0 Å². The second-order valence-electron chi connectivity index (χ2n) is 7.93. The Kier molecular flexibility index (Phi) is 4.54. The SMILES string of the molecule is CCCCc1ccc2c(c1)C1(CC=CC1)c1cc(CCCC)ccc1-2. The quantitative estimate of drug-likeness (QED) is 0.501. The lowest BCUT2D eigenvalue weighted by atomic mass is 9.75. The Morgan fingerprint density at radius 1 is 0.720 bits per heavy atom. The lowest BCUT2D eigenvalue weighted by Gasteiger charge is -2.27. The van der Waals surface area contributed by atoms with Crippen molar-refractivity contribution in [1.29, 1.82) is 0 Å². The van der Waals surface area contributed by atoms with Gasteiger partial charge in [0.2, 0.25) is 0 Å². The number of fused-ring (bicyclic) bond motifs is 5. The molecular weight excluding hydrogens is 300 g/mol. The zero-order chi connectivity index (χ0) is 17.3. The standard InChI is InChI=1S/C25H30/c1-3-5-9-19-11-13-21-22-14-12-20(10-6-4-2)18-24(22)25(23(21)17-19)15-7-8-16-25/h7-8,11-14,17-18H,3-6,9-10,15-16H2,1-2H3. The molecule has 0 nitrogen and oxygen atoms in total. The molecule has 0 N–H and O–H groups in total. The van der Waals surface area contributed by atoms with Crippen LogP contribution >= 0.6 is 0 Å². The molecule has 0 aromatic heterocycles. The van der Waals surface area contributed by atoms with Crippen LogP contribution in [0.3, 0.4) is 0 Å². The molecule has 0 radical (unpaired) electrons. The van der Waals surface area contributed by atoms with Gasteiger partial charge >= 0.3 is 0 Å². The van der Waals surface area contributed by atoms with Crippen LogP contribution in [0, 0.1) is 0 Å². The summed E-state index contributed by atoms with van der Waals surface area (Å²) in [4.78, 5) is 0. The van der Waals surface area contributed by atoms with Crippen LogP contribution in [0.15, 0.2) is 48.6 Å². The fraction of sp³-hybridized carbons (Fsp3) is 0.440. The van der Waals surface area contributed by atoms with Crippen molar-refractivity contribution in [2.24, 2.45) is 0 Å². The van der Waals surface area contributed by atoms with E-state index in [1.807, 2.05) is 0 Å². The van der Waals surface area contributed by atoms with Crippen molar-refractivity contribution >= 4 is 0 Å². The predicted molar refractivity (Wildman–Crippen MR) is 108 cm³/mol. The minimum absolute atomic E-state index is 0.217. The number of hydrogen-bond donors (Lipinski definition) is 0. The van der Waals surface area contributed by atoms with Crippen molar-refractivity contribution in [1.82, 2.24) is 0 Å². The van der Waals surface area contributed by atoms with Gasteiger partial charge in [-0.05, 0) is 71.9 Å². The summed E-state index contributed by atoms with van der Waals surface area (Å²) in [6.45, 7) is 4.56. The first-order chi connectivity index (χ1) is 12.3. The molecule has 130 valence electrons. The molecule has 0 heterocycles. The third-order valence-corrected chi connectivity index (χ3v) is 6.23. The Bertz CT molecular complexity index is 726. The molecule has 4 rings (SSSR count). The van der Waals surface area contributed by atoms with Crippen LogP contribution in [0.25, 0.3) is 11.1 Å². The van der Waals surface area contributed by atoms with Gasteiger partial charge in [-0.2, -0.15) is 0 Å². The van der Waals surface area contributed by atoms with Crippen LogP contribution in [0.1, 0.15) is 74.6 Å². The molecule has 2 aromatic carbocycles. The molecule has 0 atom stereocenters. The number of allylic oxidation sites excluding steroid dienone is 2. The molecular formula is C25H30. The van der Waals surface area contributed by atoms with E-state index in [4.69, 9.17) is 0 Å². The average molecular weight is 331 g/mol. The molecule has 0 fully saturated rings. The molecule has 0 saturated heterocycles. The summed E-state index contributed by atoms with van der Waals surface area (Å²) in [5.41, 5.74) is 9.41. The van der Waals surface area contributed by atoms with Crippen LogP contribution in [0.2, 0.25) is 0 Å². The normalized spacial score (nSPS) is 16.4. The Hall–Kier alpha value is -1.82. The lowest BCUT2D eigenvalue weighted by molar-refractivity contribution is 0.570. The fourth-order valence-corrected chi connectivity index (χ4v) is 4.75. The molecule has 0 amide bonds. The van der Waals surface area contributed by atoms with Gasteiger partial charge in [0.05, 0.1) is 0 Å². The Morgan fingerprint density at radius 2 is 1.20 bits per heavy atom. The number of aryl methyl sites for hydroxylation is 2. The second kappa shape index (κ2) is 6.83. The second-order valence-corrected chi connectivity index (χ2v) is 7.93. The molecule has 0 unspecified atom stereocenters. The van der Waals surface area contributed by atoms with Crippen molar-refractivity contribution in [2.45, 2.75) is 70.6 Å². The monoisotopic (exact) mass is 330 g/mol. The summed E-state index contributed by atoms with van der Waals surface area (Å²) < 4.78 is 0. The summed E-state index contributed by atoms with van der Waals surface area (Å²) in [7, 11) is 0. The van der Waals surface area contributed by atoms with E-state index in [9.17, 15) is 0 Å². The largest absolute Gasteiger partial charge is 0.0873 e. The molecule has 2 aliphatic carbocycles. The first kappa shape index (κ1) is 16.6. The maximum absolute atomic E-state index is 2.53. The summed E-state index contributed by atoms with van der Waals surface area (Å²) in [6, 6.07) is 14.6. The van der Waals surface area contributed by atoms with Gasteiger partial charge in [-0.3, -0.25) is 0 Å². The van der Waals surface area contributed by atoms with Gasteiger partial charge in [-0.25, -0.2) is 0 Å². The molecule has 0 saturated carbocycles. The van der Waals surface area contributed by atoms with Crippen LogP contribution in [-0.4, -0.2) is 0 Å². The van der Waals surface area contributed by atoms with Gasteiger partial charge in [0.1, 0.15) is 0 Å². The van der Waals surface area contributed by atoms with Crippen molar-refractivity contribution in [3.8, 4) is 11.1 Å². The number of rotatable bonds is 6. The summed E-state index contributed by atoms with van der Waals surface area (Å²) in [6.07, 6.45) is 14.7. The van der Waals surface area contributed by atoms with E-state index >= 15 is 0 Å². The van der Waals surface area contributed by atoms with E-state index < -0.39 is 0 Å². The van der Waals surface area contributed by atoms with Crippen LogP contribution in [-0.2, 0) is 18.3 Å². The third kappa shape index (κ3) is 2.76. The van der Waals surface area contributed by atoms with Gasteiger partial charge in [0, 0.05) is 5.41 Å². The maximum atomic E-state index is 2.53. The van der Waals surface area contributed by atoms with Crippen molar-refractivity contribution < 1.29 is 0 Å².